The van der Waals surface area contributed by atoms with Gasteiger partial charge in [0.15, 0.2) is 0 Å². The van der Waals surface area contributed by atoms with Crippen molar-refractivity contribution in [2.75, 3.05) is 14.2 Å². The maximum absolute atomic E-state index is 11.7. The van der Waals surface area contributed by atoms with E-state index in [9.17, 15) is 9.36 Å². The molecule has 0 aromatic rings. The molecule has 78 valence electrons. The van der Waals surface area contributed by atoms with Crippen LogP contribution in [0.15, 0.2) is 0 Å². The summed E-state index contributed by atoms with van der Waals surface area (Å²) in [4.78, 5) is 10.6. The molecule has 0 aliphatic carbocycles. The highest BCUT2D eigenvalue weighted by molar-refractivity contribution is 7.54. The summed E-state index contributed by atoms with van der Waals surface area (Å²) in [7, 11) is -0.768. The topological polar surface area (TPSA) is 61.8 Å². The lowest BCUT2D eigenvalue weighted by Crippen LogP contribution is -2.17. The van der Waals surface area contributed by atoms with E-state index >= 15 is 0 Å². The summed E-state index contributed by atoms with van der Waals surface area (Å²) in [5.74, 6) is -1.32. The van der Waals surface area contributed by atoms with Crippen molar-refractivity contribution in [3.63, 3.8) is 0 Å². The maximum Gasteiger partial charge on any atom is 0.370 e. The van der Waals surface area contributed by atoms with Crippen LogP contribution in [0.2, 0.25) is 0 Å². The molecule has 13 heavy (non-hydrogen) atoms. The van der Waals surface area contributed by atoms with Gasteiger partial charge in [0.2, 0.25) is 5.85 Å². The lowest BCUT2D eigenvalue weighted by Gasteiger charge is -2.22. The van der Waals surface area contributed by atoms with Crippen LogP contribution in [-0.4, -0.2) is 26.0 Å². The first kappa shape index (κ1) is 12.6. The monoisotopic (exact) mass is 210 g/mol. The predicted molar refractivity (Wildman–Crippen MR) is 47.5 cm³/mol. The van der Waals surface area contributed by atoms with E-state index in [-0.39, 0.29) is 0 Å². The molecule has 0 saturated heterocycles. The molecule has 0 bridgehead atoms. The molecule has 0 rings (SSSR count). The van der Waals surface area contributed by atoms with Gasteiger partial charge in [-0.1, -0.05) is 6.92 Å². The summed E-state index contributed by atoms with van der Waals surface area (Å²) in [6.45, 7) is 2.98. The van der Waals surface area contributed by atoms with E-state index in [1.54, 1.807) is 6.92 Å². The molecule has 0 radical (unpaired) electrons. The highest BCUT2D eigenvalue weighted by atomic mass is 31.2. The second-order valence-electron chi connectivity index (χ2n) is 2.38. The second-order valence-corrected chi connectivity index (χ2v) is 4.76. The molecule has 0 heterocycles. The first-order chi connectivity index (χ1) is 6.00. The number of carbonyl (C=O) groups is 1. The molecular formula is C7H15O5P. The summed E-state index contributed by atoms with van der Waals surface area (Å²) in [5, 5.41) is 0. The Balaban J connectivity index is 4.53. The molecule has 0 amide bonds. The number of esters is 1. The number of ether oxygens (including phenoxy) is 1. The van der Waals surface area contributed by atoms with Gasteiger partial charge < -0.3 is 13.8 Å². The van der Waals surface area contributed by atoms with Crippen LogP contribution in [0.1, 0.15) is 20.3 Å². The van der Waals surface area contributed by atoms with Gasteiger partial charge in [-0.15, -0.1) is 0 Å². The zero-order chi connectivity index (χ0) is 10.5. The SMILES string of the molecule is CC[C@@H](OC(C)=O)P(=O)(OC)OC. The summed E-state index contributed by atoms with van der Waals surface area (Å²) in [6.07, 6.45) is 0.387. The van der Waals surface area contributed by atoms with Crippen LogP contribution in [0.25, 0.3) is 0 Å². The van der Waals surface area contributed by atoms with Gasteiger partial charge in [0.05, 0.1) is 0 Å². The fourth-order valence-electron chi connectivity index (χ4n) is 0.873. The molecule has 0 aliphatic rings. The zero-order valence-electron chi connectivity index (χ0n) is 8.27. The van der Waals surface area contributed by atoms with Crippen LogP contribution in [0.4, 0.5) is 0 Å². The van der Waals surface area contributed by atoms with Crippen LogP contribution >= 0.6 is 7.60 Å². The minimum Gasteiger partial charge on any atom is -0.450 e. The summed E-state index contributed by atoms with van der Waals surface area (Å²) >= 11 is 0. The van der Waals surface area contributed by atoms with Crippen molar-refractivity contribution in [1.82, 2.24) is 0 Å². The second kappa shape index (κ2) is 5.37. The van der Waals surface area contributed by atoms with E-state index < -0.39 is 19.4 Å². The highest BCUT2D eigenvalue weighted by Crippen LogP contribution is 2.53. The molecule has 1 atom stereocenters. The van der Waals surface area contributed by atoms with Crippen LogP contribution in [0, 0.1) is 0 Å². The lowest BCUT2D eigenvalue weighted by molar-refractivity contribution is -0.143. The van der Waals surface area contributed by atoms with Crippen LogP contribution in [0.5, 0.6) is 0 Å². The predicted octanol–water partition coefficient (Wildman–Crippen LogP) is 1.77. The van der Waals surface area contributed by atoms with Gasteiger partial charge in [0, 0.05) is 21.1 Å². The van der Waals surface area contributed by atoms with Gasteiger partial charge in [0.25, 0.3) is 0 Å². The Hall–Kier alpha value is -0.380. The van der Waals surface area contributed by atoms with Crippen molar-refractivity contribution < 1.29 is 23.1 Å². The van der Waals surface area contributed by atoms with Crippen molar-refractivity contribution in [2.24, 2.45) is 0 Å². The zero-order valence-corrected chi connectivity index (χ0v) is 9.17. The first-order valence-electron chi connectivity index (χ1n) is 3.88. The molecule has 0 aromatic heterocycles. The number of carbonyl (C=O) groups excluding carboxylic acids is 1. The Labute approximate surface area is 77.9 Å². The molecule has 0 fully saturated rings. The van der Waals surface area contributed by atoms with Crippen molar-refractivity contribution in [1.29, 1.82) is 0 Å². The Morgan fingerprint density at radius 3 is 2.08 bits per heavy atom. The largest absolute Gasteiger partial charge is 0.450 e. The first-order valence-corrected chi connectivity index (χ1v) is 5.49. The van der Waals surface area contributed by atoms with Gasteiger partial charge in [-0.05, 0) is 6.42 Å². The molecule has 0 aliphatic heterocycles. The average Bonchev–Trinajstić information content (AvgIpc) is 2.12. The summed E-state index contributed by atoms with van der Waals surface area (Å²) in [6, 6.07) is 0. The molecule has 0 unspecified atom stereocenters. The average molecular weight is 210 g/mol. The Bertz CT molecular complexity index is 207. The smallest absolute Gasteiger partial charge is 0.370 e. The molecule has 0 spiro atoms. The van der Waals surface area contributed by atoms with Crippen molar-refractivity contribution in [2.45, 2.75) is 26.1 Å². The molecule has 0 N–H and O–H groups in total. The van der Waals surface area contributed by atoms with Crippen LogP contribution in [-0.2, 0) is 23.1 Å². The molecule has 6 heteroatoms. The summed E-state index contributed by atoms with van der Waals surface area (Å²) < 4.78 is 25.9. The highest BCUT2D eigenvalue weighted by Gasteiger charge is 2.35. The van der Waals surface area contributed by atoms with E-state index in [0.717, 1.165) is 0 Å². The number of hydrogen-bond acceptors (Lipinski definition) is 5. The van der Waals surface area contributed by atoms with E-state index in [0.29, 0.717) is 6.42 Å². The minimum absolute atomic E-state index is 0.387. The van der Waals surface area contributed by atoms with Gasteiger partial charge in [-0.25, -0.2) is 0 Å². The molecule has 5 nitrogen and oxygen atoms in total. The summed E-state index contributed by atoms with van der Waals surface area (Å²) in [5.41, 5.74) is 0. The van der Waals surface area contributed by atoms with Crippen molar-refractivity contribution in [3.05, 3.63) is 0 Å². The molecular weight excluding hydrogens is 195 g/mol. The van der Waals surface area contributed by atoms with Gasteiger partial charge >= 0.3 is 13.6 Å². The van der Waals surface area contributed by atoms with Crippen LogP contribution in [0.3, 0.4) is 0 Å². The number of hydrogen-bond donors (Lipinski definition) is 0. The molecule has 0 aromatic carbocycles. The standard InChI is InChI=1S/C7H15O5P/c1-5-7(12-6(2)8)13(9,10-3)11-4/h7H,5H2,1-4H3/t7-/m0/s1. The maximum atomic E-state index is 11.7. The van der Waals surface area contributed by atoms with Crippen LogP contribution < -0.4 is 0 Å². The van der Waals surface area contributed by atoms with Gasteiger partial charge in [0.1, 0.15) is 0 Å². The van der Waals surface area contributed by atoms with Crippen molar-refractivity contribution >= 4 is 13.6 Å². The van der Waals surface area contributed by atoms with E-state index in [2.05, 4.69) is 0 Å². The minimum atomic E-state index is -3.29. The normalized spacial score (nSPS) is 13.8. The third kappa shape index (κ3) is 3.46. The Morgan fingerprint density at radius 2 is 1.85 bits per heavy atom. The lowest BCUT2D eigenvalue weighted by atomic mass is 10.5. The fraction of sp³-hybridized carbons (Fsp3) is 0.857. The van der Waals surface area contributed by atoms with E-state index in [4.69, 9.17) is 13.8 Å². The van der Waals surface area contributed by atoms with Crippen molar-refractivity contribution in [3.8, 4) is 0 Å². The third-order valence-electron chi connectivity index (χ3n) is 1.51. The van der Waals surface area contributed by atoms with Gasteiger partial charge in [-0.3, -0.25) is 9.36 Å². The number of rotatable bonds is 5. The fourth-order valence-corrected chi connectivity index (χ4v) is 2.22. The van der Waals surface area contributed by atoms with Gasteiger partial charge in [-0.2, -0.15) is 0 Å². The third-order valence-corrected chi connectivity index (χ3v) is 3.71. The van der Waals surface area contributed by atoms with E-state index in [1.165, 1.54) is 21.1 Å². The quantitative estimate of drug-likeness (QED) is 0.511. The van der Waals surface area contributed by atoms with E-state index in [1.807, 2.05) is 0 Å². The Morgan fingerprint density at radius 1 is 1.38 bits per heavy atom. The molecule has 0 saturated carbocycles. The Kier molecular flexibility index (Phi) is 5.21.